The molecule has 1 saturated carbocycles. The molecular weight excluding hydrogens is 531 g/mol. The van der Waals surface area contributed by atoms with E-state index >= 15 is 0 Å². The van der Waals surface area contributed by atoms with Crippen LogP contribution >= 0.6 is 12.2 Å². The van der Waals surface area contributed by atoms with E-state index in [2.05, 4.69) is 4.98 Å². The maximum absolute atomic E-state index is 14.0. The Morgan fingerprint density at radius 1 is 1.21 bits per heavy atom. The number of benzene rings is 1. The highest BCUT2D eigenvalue weighted by Gasteiger charge is 2.60. The predicted octanol–water partition coefficient (Wildman–Crippen LogP) is 4.81. The van der Waals surface area contributed by atoms with E-state index in [1.165, 1.54) is 6.07 Å². The summed E-state index contributed by atoms with van der Waals surface area (Å²) in [5.74, 6) is 0.195. The van der Waals surface area contributed by atoms with Crippen molar-refractivity contribution >= 4 is 40.5 Å². The number of likely N-dealkylation sites (tertiary alicyclic amines) is 1. The molecule has 0 unspecified atom stereocenters. The highest BCUT2D eigenvalue weighted by Crippen LogP contribution is 2.50. The molecule has 39 heavy (non-hydrogen) atoms. The second-order valence-electron chi connectivity index (χ2n) is 9.85. The first-order valence-electron chi connectivity index (χ1n) is 12.8. The molecule has 3 fully saturated rings. The Hall–Kier alpha value is -3.72. The average molecular weight is 558 g/mol. The monoisotopic (exact) mass is 557 g/mol. The fourth-order valence-electron chi connectivity index (χ4n) is 5.51. The van der Waals surface area contributed by atoms with Gasteiger partial charge in [-0.3, -0.25) is 14.5 Å². The van der Waals surface area contributed by atoms with Crippen molar-refractivity contribution in [2.75, 3.05) is 22.9 Å². The zero-order valence-electron chi connectivity index (χ0n) is 21.2. The number of pyridine rings is 1. The van der Waals surface area contributed by atoms with Crippen molar-refractivity contribution in [2.45, 2.75) is 63.3 Å². The summed E-state index contributed by atoms with van der Waals surface area (Å²) < 4.78 is 48.1. The summed E-state index contributed by atoms with van der Waals surface area (Å²) in [7, 11) is 0. The van der Waals surface area contributed by atoms with Crippen LogP contribution in [-0.4, -0.2) is 51.5 Å². The minimum Gasteiger partial charge on any atom is -0.490 e. The smallest absolute Gasteiger partial charge is 0.421 e. The van der Waals surface area contributed by atoms with Crippen LogP contribution in [0.4, 0.5) is 24.5 Å². The number of rotatable bonds is 5. The molecule has 2 aliphatic heterocycles. The van der Waals surface area contributed by atoms with Gasteiger partial charge in [0.05, 0.1) is 5.69 Å². The van der Waals surface area contributed by atoms with Gasteiger partial charge < -0.3 is 14.5 Å². The molecule has 1 aliphatic carbocycles. The lowest BCUT2D eigenvalue weighted by Gasteiger charge is -2.43. The van der Waals surface area contributed by atoms with E-state index in [0.717, 1.165) is 23.6 Å². The number of nitriles is 1. The van der Waals surface area contributed by atoms with Gasteiger partial charge in [0.2, 0.25) is 5.91 Å². The zero-order valence-corrected chi connectivity index (χ0v) is 22.0. The van der Waals surface area contributed by atoms with Crippen LogP contribution in [0.3, 0.4) is 0 Å². The van der Waals surface area contributed by atoms with Crippen LogP contribution in [0.25, 0.3) is 0 Å². The number of anilines is 2. The lowest BCUT2D eigenvalue weighted by Crippen LogP contribution is -2.55. The third kappa shape index (κ3) is 4.58. The maximum Gasteiger partial charge on any atom is 0.421 e. The Kier molecular flexibility index (Phi) is 6.97. The van der Waals surface area contributed by atoms with Crippen LogP contribution < -0.4 is 14.5 Å². The first-order valence-corrected chi connectivity index (χ1v) is 13.2. The third-order valence-corrected chi connectivity index (χ3v) is 8.01. The van der Waals surface area contributed by atoms with E-state index in [1.807, 2.05) is 11.8 Å². The Balaban J connectivity index is 1.40. The lowest BCUT2D eigenvalue weighted by atomic mass is 9.75. The van der Waals surface area contributed by atoms with Gasteiger partial charge >= 0.3 is 6.18 Å². The number of aromatic nitrogens is 1. The first kappa shape index (κ1) is 26.9. The summed E-state index contributed by atoms with van der Waals surface area (Å²) >= 11 is 5.62. The molecule has 204 valence electrons. The molecule has 0 bridgehead atoms. The van der Waals surface area contributed by atoms with E-state index < -0.39 is 34.6 Å². The maximum atomic E-state index is 14.0. The van der Waals surface area contributed by atoms with Crippen molar-refractivity contribution in [1.82, 2.24) is 9.88 Å². The molecule has 0 N–H and O–H groups in total. The predicted molar refractivity (Wildman–Crippen MR) is 140 cm³/mol. The highest BCUT2D eigenvalue weighted by atomic mass is 32.1. The molecule has 2 saturated heterocycles. The largest absolute Gasteiger partial charge is 0.490 e. The standard InChI is InChI=1S/C27H26F3N5O3S/c1-2-22(36)33-14-9-19(10-15-33)38-18-6-4-17(5-7-18)35-25(39)34(24(37)26(35)11-3-12-26)21-8-13-32-20(16-31)23(21)27(28,29)30/h4-8,13,19H,2-3,9-12,14-15H2,1H3. The van der Waals surface area contributed by atoms with Crippen LogP contribution in [-0.2, 0) is 15.8 Å². The Labute approximate surface area is 228 Å². The summed E-state index contributed by atoms with van der Waals surface area (Å²) in [5, 5.41) is 9.19. The van der Waals surface area contributed by atoms with Gasteiger partial charge in [-0.05, 0) is 61.8 Å². The quantitative estimate of drug-likeness (QED) is 0.488. The number of amides is 2. The molecule has 0 atom stereocenters. The number of carbonyl (C=O) groups excluding carboxylic acids is 2. The summed E-state index contributed by atoms with van der Waals surface area (Å²) in [6.45, 7) is 3.12. The number of halogens is 3. The number of hydrogen-bond donors (Lipinski definition) is 0. The van der Waals surface area contributed by atoms with Crippen LogP contribution in [0.5, 0.6) is 5.75 Å². The third-order valence-electron chi connectivity index (χ3n) is 7.65. The minimum absolute atomic E-state index is 0.0403. The van der Waals surface area contributed by atoms with Gasteiger partial charge in [0, 0.05) is 44.2 Å². The second-order valence-corrected chi connectivity index (χ2v) is 10.2. The molecule has 0 radical (unpaired) electrons. The van der Waals surface area contributed by atoms with Gasteiger partial charge in [-0.2, -0.15) is 18.4 Å². The van der Waals surface area contributed by atoms with Gasteiger partial charge in [0.1, 0.15) is 29.0 Å². The van der Waals surface area contributed by atoms with Gasteiger partial charge in [0.15, 0.2) is 10.8 Å². The zero-order chi connectivity index (χ0) is 27.9. The summed E-state index contributed by atoms with van der Waals surface area (Å²) in [6, 6.07) is 9.54. The molecule has 12 heteroatoms. The van der Waals surface area contributed by atoms with E-state index in [9.17, 15) is 28.0 Å². The van der Waals surface area contributed by atoms with Crippen molar-refractivity contribution in [3.8, 4) is 11.8 Å². The number of piperidine rings is 1. The van der Waals surface area contributed by atoms with Gasteiger partial charge in [-0.15, -0.1) is 0 Å². The summed E-state index contributed by atoms with van der Waals surface area (Å²) in [6.07, 6.45) is -0.367. The Morgan fingerprint density at radius 3 is 2.41 bits per heavy atom. The van der Waals surface area contributed by atoms with Crippen LogP contribution in [0, 0.1) is 11.3 Å². The Bertz CT molecular complexity index is 1350. The van der Waals surface area contributed by atoms with Crippen LogP contribution in [0.1, 0.15) is 56.7 Å². The van der Waals surface area contributed by atoms with E-state index in [0.29, 0.717) is 56.6 Å². The molecule has 2 amide bonds. The molecular formula is C27H26F3N5O3S. The average Bonchev–Trinajstić information content (AvgIpc) is 3.14. The highest BCUT2D eigenvalue weighted by molar-refractivity contribution is 7.81. The van der Waals surface area contributed by atoms with E-state index in [1.54, 1.807) is 29.2 Å². The fraction of sp³-hybridized carbons (Fsp3) is 0.444. The molecule has 1 aromatic carbocycles. The van der Waals surface area contributed by atoms with Crippen molar-refractivity contribution < 1.29 is 27.5 Å². The molecule has 2 aromatic rings. The Morgan fingerprint density at radius 2 is 1.87 bits per heavy atom. The molecule has 3 aliphatic rings. The number of hydrogen-bond acceptors (Lipinski definition) is 6. The van der Waals surface area contributed by atoms with Gasteiger partial charge in [0.25, 0.3) is 5.91 Å². The number of thiocarbonyl (C=S) groups is 1. The van der Waals surface area contributed by atoms with Crippen molar-refractivity contribution in [1.29, 1.82) is 5.26 Å². The second kappa shape index (κ2) is 10.1. The molecule has 1 spiro atoms. The van der Waals surface area contributed by atoms with Gasteiger partial charge in [-0.1, -0.05) is 6.92 Å². The van der Waals surface area contributed by atoms with Crippen molar-refractivity contribution in [3.05, 3.63) is 47.8 Å². The van der Waals surface area contributed by atoms with Crippen molar-refractivity contribution in [2.24, 2.45) is 0 Å². The normalized spacial score (nSPS) is 19.3. The summed E-state index contributed by atoms with van der Waals surface area (Å²) in [5.41, 5.74) is -3.12. The molecule has 5 rings (SSSR count). The molecule has 1 aromatic heterocycles. The first-order chi connectivity index (χ1) is 18.6. The number of carbonyl (C=O) groups is 2. The van der Waals surface area contributed by atoms with Crippen LogP contribution in [0.15, 0.2) is 36.5 Å². The van der Waals surface area contributed by atoms with E-state index in [4.69, 9.17) is 17.0 Å². The molecule has 8 nitrogen and oxygen atoms in total. The SMILES string of the molecule is CCC(=O)N1CCC(Oc2ccc(N3C(=S)N(c4ccnc(C#N)c4C(F)(F)F)C(=O)C34CCC4)cc2)CC1. The lowest BCUT2D eigenvalue weighted by molar-refractivity contribution is -0.137. The summed E-state index contributed by atoms with van der Waals surface area (Å²) in [4.78, 5) is 33.5. The number of alkyl halides is 3. The topological polar surface area (TPSA) is 89.8 Å². The van der Waals surface area contributed by atoms with E-state index in [-0.39, 0.29) is 17.1 Å². The number of ether oxygens (including phenoxy) is 1. The van der Waals surface area contributed by atoms with Crippen molar-refractivity contribution in [3.63, 3.8) is 0 Å². The number of nitrogens with zero attached hydrogens (tertiary/aromatic N) is 5. The molecule has 3 heterocycles. The van der Waals surface area contributed by atoms with Gasteiger partial charge in [-0.25, -0.2) is 4.98 Å². The fourth-order valence-corrected chi connectivity index (χ4v) is 5.97. The van der Waals surface area contributed by atoms with Crippen LogP contribution in [0.2, 0.25) is 0 Å². The minimum atomic E-state index is -4.91.